The van der Waals surface area contributed by atoms with Crippen LogP contribution in [0, 0.1) is 5.92 Å². The molecule has 2 aromatic rings. The minimum atomic E-state index is -3.60. The summed E-state index contributed by atoms with van der Waals surface area (Å²) in [5.74, 6) is -0.672. The summed E-state index contributed by atoms with van der Waals surface area (Å²) < 4.78 is 27.0. The van der Waals surface area contributed by atoms with Gasteiger partial charge in [0.15, 0.2) is 0 Å². The number of rotatable bonds is 12. The lowest BCUT2D eigenvalue weighted by molar-refractivity contribution is -0.125. The van der Waals surface area contributed by atoms with E-state index < -0.39 is 34.2 Å². The highest BCUT2D eigenvalue weighted by Gasteiger charge is 2.31. The summed E-state index contributed by atoms with van der Waals surface area (Å²) in [6.45, 7) is 5.33. The summed E-state index contributed by atoms with van der Waals surface area (Å²) >= 11 is 0. The van der Waals surface area contributed by atoms with E-state index in [1.54, 1.807) is 0 Å². The zero-order chi connectivity index (χ0) is 27.0. The molecule has 1 heterocycles. The molecule has 1 aliphatic rings. The van der Waals surface area contributed by atoms with Crippen molar-refractivity contribution in [3.63, 3.8) is 0 Å². The number of aliphatic hydroxyl groups excluding tert-OH is 2. The summed E-state index contributed by atoms with van der Waals surface area (Å²) in [7, 11) is -3.60. The molecular weight excluding hydrogens is 494 g/mol. The van der Waals surface area contributed by atoms with E-state index in [1.165, 1.54) is 28.6 Å². The van der Waals surface area contributed by atoms with Crippen LogP contribution in [0.15, 0.2) is 59.5 Å². The first-order chi connectivity index (χ1) is 17.6. The number of nitrogens with zero attached hydrogens (tertiary/aromatic N) is 1. The fourth-order valence-corrected chi connectivity index (χ4v) is 5.72. The Kier molecular flexibility index (Phi) is 10.2. The Morgan fingerprint density at radius 3 is 2.19 bits per heavy atom. The Morgan fingerprint density at radius 2 is 1.59 bits per heavy atom. The Balaban J connectivity index is 1.72. The molecule has 10 heteroatoms. The van der Waals surface area contributed by atoms with Gasteiger partial charge in [0, 0.05) is 25.2 Å². The second kappa shape index (κ2) is 13.1. The number of sulfonamides is 1. The predicted octanol–water partition coefficient (Wildman–Crippen LogP) is 1.70. The van der Waals surface area contributed by atoms with Crippen LogP contribution in [0.25, 0.3) is 0 Å². The van der Waals surface area contributed by atoms with Crippen molar-refractivity contribution >= 4 is 21.8 Å². The highest BCUT2D eigenvalue weighted by Crippen LogP contribution is 2.21. The van der Waals surface area contributed by atoms with Crippen LogP contribution >= 0.6 is 0 Å². The van der Waals surface area contributed by atoms with Crippen molar-refractivity contribution in [3.05, 3.63) is 65.7 Å². The van der Waals surface area contributed by atoms with Crippen LogP contribution in [-0.2, 0) is 21.2 Å². The van der Waals surface area contributed by atoms with Crippen LogP contribution in [-0.4, -0.2) is 72.6 Å². The highest BCUT2D eigenvalue weighted by atomic mass is 32.2. The van der Waals surface area contributed by atoms with E-state index in [4.69, 9.17) is 0 Å². The lowest BCUT2D eigenvalue weighted by Crippen LogP contribution is -2.50. The maximum absolute atomic E-state index is 13.0. The molecule has 0 saturated carbocycles. The number of amides is 2. The number of hydrogen-bond donors (Lipinski definition) is 4. The van der Waals surface area contributed by atoms with Gasteiger partial charge in [0.25, 0.3) is 5.91 Å². The van der Waals surface area contributed by atoms with Gasteiger partial charge in [-0.25, -0.2) is 8.42 Å². The molecule has 0 spiro atoms. The molecule has 0 aromatic heterocycles. The van der Waals surface area contributed by atoms with Crippen molar-refractivity contribution in [2.45, 2.75) is 62.7 Å². The molecule has 3 atom stereocenters. The molecule has 1 fully saturated rings. The van der Waals surface area contributed by atoms with Crippen LogP contribution in [0.2, 0.25) is 0 Å². The van der Waals surface area contributed by atoms with Crippen molar-refractivity contribution < 1.29 is 28.2 Å². The number of hydrogen-bond acceptors (Lipinski definition) is 6. The van der Waals surface area contributed by atoms with Crippen molar-refractivity contribution in [2.75, 3.05) is 19.6 Å². The smallest absolute Gasteiger partial charge is 0.251 e. The molecule has 202 valence electrons. The Bertz CT molecular complexity index is 1130. The SMILES string of the molecule is CC(C)CNC(=O)CC(O)C(O)C(Cc1ccccc1)NC(=O)c1ccc(S(=O)(=O)N2CCCC2)cc1. The van der Waals surface area contributed by atoms with Gasteiger partial charge in [-0.15, -0.1) is 0 Å². The van der Waals surface area contributed by atoms with Crippen molar-refractivity contribution in [1.29, 1.82) is 0 Å². The van der Waals surface area contributed by atoms with Crippen LogP contribution in [0.1, 0.15) is 49.0 Å². The average Bonchev–Trinajstić information content (AvgIpc) is 3.43. The van der Waals surface area contributed by atoms with Crippen molar-refractivity contribution in [1.82, 2.24) is 14.9 Å². The summed E-state index contributed by atoms with van der Waals surface area (Å²) in [5.41, 5.74) is 1.05. The van der Waals surface area contributed by atoms with Gasteiger partial charge in [-0.2, -0.15) is 4.31 Å². The number of aliphatic hydroxyl groups is 2. The maximum atomic E-state index is 13.0. The van der Waals surface area contributed by atoms with Crippen LogP contribution < -0.4 is 10.6 Å². The van der Waals surface area contributed by atoms with Crippen molar-refractivity contribution in [2.24, 2.45) is 5.92 Å². The largest absolute Gasteiger partial charge is 0.390 e. The molecular formula is C27H37N3O6S. The first kappa shape index (κ1) is 28.8. The molecule has 3 rings (SSSR count). The van der Waals surface area contributed by atoms with E-state index in [0.717, 1.165) is 18.4 Å². The van der Waals surface area contributed by atoms with Gasteiger partial charge in [0.2, 0.25) is 15.9 Å². The lowest BCUT2D eigenvalue weighted by atomic mass is 9.95. The average molecular weight is 532 g/mol. The van der Waals surface area contributed by atoms with E-state index in [0.29, 0.717) is 19.6 Å². The monoisotopic (exact) mass is 531 g/mol. The zero-order valence-corrected chi connectivity index (χ0v) is 22.2. The Morgan fingerprint density at radius 1 is 0.973 bits per heavy atom. The number of carbonyl (C=O) groups excluding carboxylic acids is 2. The summed E-state index contributed by atoms with van der Waals surface area (Å²) in [4.78, 5) is 25.3. The van der Waals surface area contributed by atoms with E-state index in [2.05, 4.69) is 10.6 Å². The molecule has 0 aliphatic carbocycles. The zero-order valence-electron chi connectivity index (χ0n) is 21.3. The molecule has 2 amide bonds. The molecule has 2 aromatic carbocycles. The maximum Gasteiger partial charge on any atom is 0.251 e. The van der Waals surface area contributed by atoms with Crippen LogP contribution in [0.3, 0.4) is 0 Å². The molecule has 9 nitrogen and oxygen atoms in total. The van der Waals surface area contributed by atoms with Gasteiger partial charge in [0.05, 0.1) is 23.5 Å². The van der Waals surface area contributed by atoms with E-state index >= 15 is 0 Å². The molecule has 0 radical (unpaired) electrons. The third kappa shape index (κ3) is 8.10. The van der Waals surface area contributed by atoms with Crippen molar-refractivity contribution in [3.8, 4) is 0 Å². The number of carbonyl (C=O) groups is 2. The van der Waals surface area contributed by atoms with Gasteiger partial charge >= 0.3 is 0 Å². The molecule has 0 bridgehead atoms. The third-order valence-electron chi connectivity index (χ3n) is 6.34. The molecule has 1 aliphatic heterocycles. The normalized spacial score (nSPS) is 16.8. The number of nitrogens with one attached hydrogen (secondary N) is 2. The second-order valence-electron chi connectivity index (χ2n) is 9.87. The topological polar surface area (TPSA) is 136 Å². The lowest BCUT2D eigenvalue weighted by Gasteiger charge is -2.28. The minimum Gasteiger partial charge on any atom is -0.390 e. The molecule has 4 N–H and O–H groups in total. The summed E-state index contributed by atoms with van der Waals surface area (Å²) in [5, 5.41) is 27.0. The van der Waals surface area contributed by atoms with E-state index in [9.17, 15) is 28.2 Å². The Labute approximate surface area is 218 Å². The van der Waals surface area contributed by atoms with E-state index in [-0.39, 0.29) is 35.1 Å². The van der Waals surface area contributed by atoms with Crippen LogP contribution in [0.4, 0.5) is 0 Å². The predicted molar refractivity (Wildman–Crippen MR) is 140 cm³/mol. The summed E-state index contributed by atoms with van der Waals surface area (Å²) in [6.07, 6.45) is -1.23. The first-order valence-electron chi connectivity index (χ1n) is 12.7. The summed E-state index contributed by atoms with van der Waals surface area (Å²) in [6, 6.07) is 14.0. The van der Waals surface area contributed by atoms with Gasteiger partial charge in [-0.1, -0.05) is 44.2 Å². The highest BCUT2D eigenvalue weighted by molar-refractivity contribution is 7.89. The van der Waals surface area contributed by atoms with E-state index in [1.807, 2.05) is 44.2 Å². The molecule has 37 heavy (non-hydrogen) atoms. The molecule has 1 saturated heterocycles. The number of benzene rings is 2. The first-order valence-corrected chi connectivity index (χ1v) is 14.1. The van der Waals surface area contributed by atoms with Gasteiger partial charge < -0.3 is 20.8 Å². The third-order valence-corrected chi connectivity index (χ3v) is 8.26. The fourth-order valence-electron chi connectivity index (χ4n) is 4.20. The van der Waals surface area contributed by atoms with Gasteiger partial charge in [-0.05, 0) is 55.0 Å². The quantitative estimate of drug-likeness (QED) is 0.329. The standard InChI is InChI=1S/C27H37N3O6S/c1-19(2)18-28-25(32)17-24(31)26(33)23(16-20-8-4-3-5-9-20)29-27(34)21-10-12-22(13-11-21)37(35,36)30-14-6-7-15-30/h3-5,8-13,19,23-24,26,31,33H,6-7,14-18H2,1-2H3,(H,28,32)(H,29,34). The second-order valence-corrected chi connectivity index (χ2v) is 11.8. The Hall–Kier alpha value is -2.79. The minimum absolute atomic E-state index is 0.120. The van der Waals surface area contributed by atoms with Gasteiger partial charge in [-0.3, -0.25) is 9.59 Å². The molecule has 3 unspecified atom stereocenters. The van der Waals surface area contributed by atoms with Gasteiger partial charge in [0.1, 0.15) is 6.10 Å². The fraction of sp³-hybridized carbons (Fsp3) is 0.481. The van der Waals surface area contributed by atoms with Crippen LogP contribution in [0.5, 0.6) is 0 Å².